The fourth-order valence-corrected chi connectivity index (χ4v) is 3.09. The first-order valence-electron chi connectivity index (χ1n) is 6.80. The van der Waals surface area contributed by atoms with Gasteiger partial charge in [-0.1, -0.05) is 18.0 Å². The van der Waals surface area contributed by atoms with Gasteiger partial charge in [-0.3, -0.25) is 0 Å². The van der Waals surface area contributed by atoms with Gasteiger partial charge in [-0.15, -0.1) is 0 Å². The van der Waals surface area contributed by atoms with Crippen molar-refractivity contribution >= 4 is 11.6 Å². The highest BCUT2D eigenvalue weighted by molar-refractivity contribution is 6.31. The molecule has 106 valence electrons. The molecule has 0 aromatic heterocycles. The second-order valence-electron chi connectivity index (χ2n) is 5.05. The highest BCUT2D eigenvalue weighted by atomic mass is 35.5. The van der Waals surface area contributed by atoms with Crippen LogP contribution >= 0.6 is 11.6 Å². The summed E-state index contributed by atoms with van der Waals surface area (Å²) in [5, 5.41) is 4.32. The monoisotopic (exact) mass is 283 g/mol. The molecule has 1 aromatic carbocycles. The molecule has 0 bridgehead atoms. The fraction of sp³-hybridized carbons (Fsp3) is 0.600. The molecule has 1 aliphatic rings. The molecule has 0 spiro atoms. The van der Waals surface area contributed by atoms with Gasteiger partial charge >= 0.3 is 0 Å². The molecule has 4 heteroatoms. The molecule has 1 fully saturated rings. The lowest BCUT2D eigenvalue weighted by molar-refractivity contribution is 0.351. The Morgan fingerprint density at radius 2 is 2.11 bits per heavy atom. The Balaban J connectivity index is 2.28. The number of hydrogen-bond acceptors (Lipinski definition) is 3. The van der Waals surface area contributed by atoms with Crippen LogP contribution in [0.15, 0.2) is 6.07 Å². The Hall–Kier alpha value is -0.930. The average Bonchev–Trinajstić information content (AvgIpc) is 2.44. The van der Waals surface area contributed by atoms with Crippen LogP contribution in [-0.2, 0) is 6.42 Å². The lowest BCUT2D eigenvalue weighted by Gasteiger charge is -2.25. The maximum Gasteiger partial charge on any atom is 0.163 e. The van der Waals surface area contributed by atoms with E-state index in [1.165, 1.54) is 24.8 Å². The van der Waals surface area contributed by atoms with Gasteiger partial charge in [0.1, 0.15) is 0 Å². The quantitative estimate of drug-likeness (QED) is 0.919. The van der Waals surface area contributed by atoms with Crippen molar-refractivity contribution in [1.29, 1.82) is 0 Å². The average molecular weight is 284 g/mol. The first-order chi connectivity index (χ1) is 9.17. The Labute approximate surface area is 120 Å². The summed E-state index contributed by atoms with van der Waals surface area (Å²) < 4.78 is 10.8. The number of benzene rings is 1. The smallest absolute Gasteiger partial charge is 0.163 e. The van der Waals surface area contributed by atoms with Gasteiger partial charge in [0.2, 0.25) is 0 Å². The summed E-state index contributed by atoms with van der Waals surface area (Å²) in [5.74, 6) is 1.49. The van der Waals surface area contributed by atoms with E-state index in [2.05, 4.69) is 5.32 Å². The van der Waals surface area contributed by atoms with Crippen LogP contribution in [0.2, 0.25) is 5.02 Å². The summed E-state index contributed by atoms with van der Waals surface area (Å²) in [6.45, 7) is 3.15. The normalized spacial score (nSPS) is 19.3. The molecule has 1 aromatic rings. The minimum atomic E-state index is 0.517. The molecular formula is C15H22ClNO2. The van der Waals surface area contributed by atoms with E-state index in [0.29, 0.717) is 11.8 Å². The van der Waals surface area contributed by atoms with Crippen LogP contribution in [-0.4, -0.2) is 26.8 Å². The van der Waals surface area contributed by atoms with Crippen LogP contribution in [0, 0.1) is 6.92 Å². The van der Waals surface area contributed by atoms with E-state index >= 15 is 0 Å². The first kappa shape index (κ1) is 14.5. The summed E-state index contributed by atoms with van der Waals surface area (Å²) in [4.78, 5) is 0. The highest BCUT2D eigenvalue weighted by Gasteiger charge is 2.20. The van der Waals surface area contributed by atoms with Crippen molar-refractivity contribution in [1.82, 2.24) is 5.32 Å². The lowest BCUT2D eigenvalue weighted by Crippen LogP contribution is -2.35. The van der Waals surface area contributed by atoms with Crippen LogP contribution in [0.5, 0.6) is 11.5 Å². The zero-order valence-electron chi connectivity index (χ0n) is 11.9. The third-order valence-electron chi connectivity index (χ3n) is 3.85. The molecule has 0 saturated carbocycles. The SMILES string of the molecule is COc1cc(Cl)c(CC2CCCCN2)c(C)c1OC. The number of piperidine rings is 1. The predicted octanol–water partition coefficient (Wildman–Crippen LogP) is 3.35. The molecule has 1 N–H and O–H groups in total. The summed E-state index contributed by atoms with van der Waals surface area (Å²) >= 11 is 6.40. The summed E-state index contributed by atoms with van der Waals surface area (Å²) in [5.41, 5.74) is 2.25. The van der Waals surface area contributed by atoms with Crippen LogP contribution in [0.25, 0.3) is 0 Å². The van der Waals surface area contributed by atoms with Crippen LogP contribution in [0.1, 0.15) is 30.4 Å². The molecule has 0 aliphatic carbocycles. The third kappa shape index (κ3) is 3.15. The molecule has 0 amide bonds. The summed E-state index contributed by atoms with van der Waals surface area (Å²) in [7, 11) is 3.30. The Morgan fingerprint density at radius 1 is 1.32 bits per heavy atom. The lowest BCUT2D eigenvalue weighted by atomic mass is 9.94. The molecule has 1 heterocycles. The van der Waals surface area contributed by atoms with Crippen molar-refractivity contribution < 1.29 is 9.47 Å². The molecule has 0 radical (unpaired) electrons. The number of methoxy groups -OCH3 is 2. The molecule has 1 unspecified atom stereocenters. The van der Waals surface area contributed by atoms with Gasteiger partial charge in [-0.05, 0) is 43.9 Å². The van der Waals surface area contributed by atoms with Crippen molar-refractivity contribution in [2.45, 2.75) is 38.6 Å². The highest BCUT2D eigenvalue weighted by Crippen LogP contribution is 2.38. The second-order valence-corrected chi connectivity index (χ2v) is 5.46. The van der Waals surface area contributed by atoms with Crippen LogP contribution in [0.3, 0.4) is 0 Å². The molecule has 19 heavy (non-hydrogen) atoms. The zero-order chi connectivity index (χ0) is 13.8. The fourth-order valence-electron chi connectivity index (χ4n) is 2.77. The van der Waals surface area contributed by atoms with Crippen molar-refractivity contribution in [3.63, 3.8) is 0 Å². The summed E-state index contributed by atoms with van der Waals surface area (Å²) in [6.07, 6.45) is 4.73. The van der Waals surface area contributed by atoms with E-state index in [1.54, 1.807) is 14.2 Å². The number of nitrogens with one attached hydrogen (secondary N) is 1. The van der Waals surface area contributed by atoms with Gasteiger partial charge < -0.3 is 14.8 Å². The molecule has 1 saturated heterocycles. The van der Waals surface area contributed by atoms with Crippen LogP contribution < -0.4 is 14.8 Å². The minimum Gasteiger partial charge on any atom is -0.493 e. The predicted molar refractivity (Wildman–Crippen MR) is 78.6 cm³/mol. The molecule has 2 rings (SSSR count). The molecule has 1 aliphatic heterocycles. The largest absolute Gasteiger partial charge is 0.493 e. The van der Waals surface area contributed by atoms with E-state index in [4.69, 9.17) is 21.1 Å². The summed E-state index contributed by atoms with van der Waals surface area (Å²) in [6, 6.07) is 2.37. The Kier molecular flexibility index (Phi) is 4.94. The molecule has 3 nitrogen and oxygen atoms in total. The standard InChI is InChI=1S/C15H22ClNO2/c1-10-12(8-11-6-4-5-7-17-11)13(16)9-14(18-2)15(10)19-3/h9,11,17H,4-8H2,1-3H3. The van der Waals surface area contributed by atoms with E-state index < -0.39 is 0 Å². The number of halogens is 1. The maximum absolute atomic E-state index is 6.40. The van der Waals surface area contributed by atoms with E-state index in [9.17, 15) is 0 Å². The van der Waals surface area contributed by atoms with E-state index in [1.807, 2.05) is 13.0 Å². The topological polar surface area (TPSA) is 30.5 Å². The molecular weight excluding hydrogens is 262 g/mol. The van der Waals surface area contributed by atoms with E-state index in [0.717, 1.165) is 29.3 Å². The van der Waals surface area contributed by atoms with Gasteiger partial charge in [-0.25, -0.2) is 0 Å². The maximum atomic E-state index is 6.40. The zero-order valence-corrected chi connectivity index (χ0v) is 12.6. The van der Waals surface area contributed by atoms with Crippen molar-refractivity contribution in [2.24, 2.45) is 0 Å². The van der Waals surface area contributed by atoms with Crippen molar-refractivity contribution in [2.75, 3.05) is 20.8 Å². The number of hydrogen-bond donors (Lipinski definition) is 1. The Morgan fingerprint density at radius 3 is 2.68 bits per heavy atom. The number of ether oxygens (including phenoxy) is 2. The van der Waals surface area contributed by atoms with Gasteiger partial charge in [-0.2, -0.15) is 0 Å². The first-order valence-corrected chi connectivity index (χ1v) is 7.18. The molecule has 1 atom stereocenters. The van der Waals surface area contributed by atoms with Crippen molar-refractivity contribution in [3.05, 3.63) is 22.2 Å². The van der Waals surface area contributed by atoms with Crippen LogP contribution in [0.4, 0.5) is 0 Å². The van der Waals surface area contributed by atoms with Crippen molar-refractivity contribution in [3.8, 4) is 11.5 Å². The van der Waals surface area contributed by atoms with Gasteiger partial charge in [0.25, 0.3) is 0 Å². The number of rotatable bonds is 4. The minimum absolute atomic E-state index is 0.517. The van der Waals surface area contributed by atoms with Gasteiger partial charge in [0.15, 0.2) is 11.5 Å². The van der Waals surface area contributed by atoms with E-state index in [-0.39, 0.29) is 0 Å². The third-order valence-corrected chi connectivity index (χ3v) is 4.19. The van der Waals surface area contributed by atoms with Gasteiger partial charge in [0.05, 0.1) is 14.2 Å². The van der Waals surface area contributed by atoms with Gasteiger partial charge in [0, 0.05) is 17.1 Å². The Bertz CT molecular complexity index is 442. The second kappa shape index (κ2) is 6.49.